The third-order valence-corrected chi connectivity index (χ3v) is 3.82. The monoisotopic (exact) mass is 254 g/mol. The van der Waals surface area contributed by atoms with Crippen LogP contribution in [0.25, 0.3) is 0 Å². The minimum absolute atomic E-state index is 0.472. The third-order valence-electron chi connectivity index (χ3n) is 3.82. The lowest BCUT2D eigenvalue weighted by atomic mass is 9.84. The predicted octanol–water partition coefficient (Wildman–Crippen LogP) is 3.73. The maximum Gasteiger partial charge on any atom is 0.134 e. The number of aliphatic hydroxyl groups is 1. The van der Waals surface area contributed by atoms with Crippen molar-refractivity contribution in [1.82, 2.24) is 0 Å². The zero-order valence-corrected chi connectivity index (χ0v) is 11.3. The summed E-state index contributed by atoms with van der Waals surface area (Å²) >= 11 is 0. The molecule has 2 aromatic carbocycles. The summed E-state index contributed by atoms with van der Waals surface area (Å²) in [6.07, 6.45) is 0.100. The van der Waals surface area contributed by atoms with Gasteiger partial charge in [-0.3, -0.25) is 0 Å². The molecule has 1 aliphatic heterocycles. The standard InChI is InChI=1S/C17H18O2/c1-12-6-5-7-13(10-12)17(2)11-15(18)14-8-3-4-9-16(14)19-17/h3-10,15,18H,11H2,1-2H3/t15-,17?/m0/s1. The Labute approximate surface area is 113 Å². The molecule has 2 aromatic rings. The average molecular weight is 254 g/mol. The van der Waals surface area contributed by atoms with Crippen molar-refractivity contribution in [2.75, 3.05) is 0 Å². The molecular weight excluding hydrogens is 236 g/mol. The number of fused-ring (bicyclic) bond motifs is 1. The maximum absolute atomic E-state index is 10.3. The van der Waals surface area contributed by atoms with Gasteiger partial charge >= 0.3 is 0 Å². The Morgan fingerprint density at radius 1 is 1.16 bits per heavy atom. The van der Waals surface area contributed by atoms with Crippen molar-refractivity contribution in [3.63, 3.8) is 0 Å². The minimum atomic E-state index is -0.476. The van der Waals surface area contributed by atoms with Gasteiger partial charge in [-0.1, -0.05) is 48.0 Å². The van der Waals surface area contributed by atoms with E-state index < -0.39 is 11.7 Å². The van der Waals surface area contributed by atoms with E-state index in [0.717, 1.165) is 16.9 Å². The highest BCUT2D eigenvalue weighted by Crippen LogP contribution is 2.44. The normalized spacial score (nSPS) is 25.5. The summed E-state index contributed by atoms with van der Waals surface area (Å²) in [5.41, 5.74) is 2.73. The molecule has 0 saturated carbocycles. The van der Waals surface area contributed by atoms with Gasteiger partial charge in [0.15, 0.2) is 0 Å². The van der Waals surface area contributed by atoms with Gasteiger partial charge in [-0.2, -0.15) is 0 Å². The van der Waals surface area contributed by atoms with Crippen LogP contribution in [0.5, 0.6) is 5.75 Å². The highest BCUT2D eigenvalue weighted by atomic mass is 16.5. The molecule has 2 atom stereocenters. The molecule has 2 heteroatoms. The zero-order valence-electron chi connectivity index (χ0n) is 11.3. The van der Waals surface area contributed by atoms with Crippen molar-refractivity contribution in [3.05, 3.63) is 65.2 Å². The number of benzene rings is 2. The van der Waals surface area contributed by atoms with Crippen molar-refractivity contribution in [2.45, 2.75) is 32.0 Å². The molecule has 1 aliphatic rings. The van der Waals surface area contributed by atoms with Crippen LogP contribution in [0, 0.1) is 6.92 Å². The first-order valence-corrected chi connectivity index (χ1v) is 6.62. The van der Waals surface area contributed by atoms with Gasteiger partial charge < -0.3 is 9.84 Å². The lowest BCUT2D eigenvalue weighted by Crippen LogP contribution is -2.35. The fourth-order valence-electron chi connectivity index (χ4n) is 2.76. The molecular formula is C17H18O2. The molecule has 98 valence electrons. The molecule has 1 N–H and O–H groups in total. The largest absolute Gasteiger partial charge is 0.482 e. The van der Waals surface area contributed by atoms with E-state index in [4.69, 9.17) is 4.74 Å². The molecule has 19 heavy (non-hydrogen) atoms. The third kappa shape index (κ3) is 2.13. The molecule has 1 unspecified atom stereocenters. The molecule has 0 aromatic heterocycles. The van der Waals surface area contributed by atoms with Gasteiger partial charge in [0.25, 0.3) is 0 Å². The minimum Gasteiger partial charge on any atom is -0.482 e. The second kappa shape index (κ2) is 4.39. The van der Waals surface area contributed by atoms with Crippen LogP contribution in [-0.2, 0) is 5.60 Å². The predicted molar refractivity (Wildman–Crippen MR) is 75.2 cm³/mol. The Morgan fingerprint density at radius 2 is 1.95 bits per heavy atom. The SMILES string of the molecule is Cc1cccc(C2(C)C[C@H](O)c3ccccc3O2)c1. The van der Waals surface area contributed by atoms with Crippen LogP contribution in [0.4, 0.5) is 0 Å². The van der Waals surface area contributed by atoms with E-state index in [-0.39, 0.29) is 0 Å². The van der Waals surface area contributed by atoms with Crippen molar-refractivity contribution < 1.29 is 9.84 Å². The van der Waals surface area contributed by atoms with Crippen molar-refractivity contribution >= 4 is 0 Å². The van der Waals surface area contributed by atoms with Crippen molar-refractivity contribution in [3.8, 4) is 5.75 Å². The second-order valence-electron chi connectivity index (χ2n) is 5.46. The summed E-state index contributed by atoms with van der Waals surface area (Å²) in [4.78, 5) is 0. The number of aliphatic hydroxyl groups excluding tert-OH is 1. The van der Waals surface area contributed by atoms with E-state index >= 15 is 0 Å². The quantitative estimate of drug-likeness (QED) is 0.840. The molecule has 0 spiro atoms. The molecule has 3 rings (SSSR count). The topological polar surface area (TPSA) is 29.5 Å². The lowest BCUT2D eigenvalue weighted by molar-refractivity contribution is -0.00487. The van der Waals surface area contributed by atoms with Crippen LogP contribution in [0.3, 0.4) is 0 Å². The number of hydrogen-bond donors (Lipinski definition) is 1. The molecule has 0 saturated heterocycles. The molecule has 1 heterocycles. The zero-order chi connectivity index (χ0) is 13.5. The molecule has 0 radical (unpaired) electrons. The van der Waals surface area contributed by atoms with E-state index in [1.807, 2.05) is 37.3 Å². The van der Waals surface area contributed by atoms with Crippen molar-refractivity contribution in [2.24, 2.45) is 0 Å². The summed E-state index contributed by atoms with van der Waals surface area (Å²) in [5, 5.41) is 10.3. The van der Waals surface area contributed by atoms with Gasteiger partial charge in [-0.05, 0) is 25.5 Å². The molecule has 2 nitrogen and oxygen atoms in total. The summed E-state index contributed by atoms with van der Waals surface area (Å²) in [6.45, 7) is 4.11. The summed E-state index contributed by atoms with van der Waals surface area (Å²) in [7, 11) is 0. The second-order valence-corrected chi connectivity index (χ2v) is 5.46. The van der Waals surface area contributed by atoms with Crippen LogP contribution in [0.2, 0.25) is 0 Å². The van der Waals surface area contributed by atoms with Crippen molar-refractivity contribution in [1.29, 1.82) is 0 Å². The molecule has 0 fully saturated rings. The van der Waals surface area contributed by atoms with Crippen LogP contribution in [0.15, 0.2) is 48.5 Å². The summed E-state index contributed by atoms with van der Waals surface area (Å²) in [6, 6.07) is 16.0. The van der Waals surface area contributed by atoms with Crippen LogP contribution in [0.1, 0.15) is 36.1 Å². The van der Waals surface area contributed by atoms with E-state index in [1.54, 1.807) is 0 Å². The first-order valence-electron chi connectivity index (χ1n) is 6.62. The highest BCUT2D eigenvalue weighted by Gasteiger charge is 2.37. The van der Waals surface area contributed by atoms with Gasteiger partial charge in [0.1, 0.15) is 11.4 Å². The van der Waals surface area contributed by atoms with Gasteiger partial charge in [0.05, 0.1) is 6.10 Å². The number of ether oxygens (including phenoxy) is 1. The fourth-order valence-corrected chi connectivity index (χ4v) is 2.76. The van der Waals surface area contributed by atoms with E-state index in [9.17, 15) is 5.11 Å². The summed E-state index contributed by atoms with van der Waals surface area (Å²) < 4.78 is 6.17. The van der Waals surface area contributed by atoms with Crippen LogP contribution >= 0.6 is 0 Å². The Morgan fingerprint density at radius 3 is 2.74 bits per heavy atom. The number of hydrogen-bond acceptors (Lipinski definition) is 2. The smallest absolute Gasteiger partial charge is 0.134 e. The Hall–Kier alpha value is -1.80. The fraction of sp³-hybridized carbons (Fsp3) is 0.294. The van der Waals surface area contributed by atoms with Gasteiger partial charge in [-0.25, -0.2) is 0 Å². The number of aryl methyl sites for hydroxylation is 1. The van der Waals surface area contributed by atoms with E-state index in [1.165, 1.54) is 5.56 Å². The Bertz CT molecular complexity index is 606. The first kappa shape index (κ1) is 12.2. The highest BCUT2D eigenvalue weighted by molar-refractivity contribution is 5.40. The number of para-hydroxylation sites is 1. The molecule has 0 bridgehead atoms. The number of rotatable bonds is 1. The van der Waals surface area contributed by atoms with Gasteiger partial charge in [0.2, 0.25) is 0 Å². The maximum atomic E-state index is 10.3. The van der Waals surface area contributed by atoms with Crippen LogP contribution in [-0.4, -0.2) is 5.11 Å². The molecule has 0 amide bonds. The first-order chi connectivity index (χ1) is 9.08. The van der Waals surface area contributed by atoms with E-state index in [0.29, 0.717) is 6.42 Å². The van der Waals surface area contributed by atoms with Gasteiger partial charge in [0, 0.05) is 12.0 Å². The molecule has 0 aliphatic carbocycles. The lowest BCUT2D eigenvalue weighted by Gasteiger charge is -2.38. The Balaban J connectivity index is 2.04. The average Bonchev–Trinajstić information content (AvgIpc) is 2.38. The Kier molecular flexibility index (Phi) is 2.83. The summed E-state index contributed by atoms with van der Waals surface area (Å²) in [5.74, 6) is 0.783. The van der Waals surface area contributed by atoms with Gasteiger partial charge in [-0.15, -0.1) is 0 Å². The van der Waals surface area contributed by atoms with E-state index in [2.05, 4.69) is 25.1 Å². The van der Waals surface area contributed by atoms with Crippen LogP contribution < -0.4 is 4.74 Å².